The Morgan fingerprint density at radius 1 is 1.19 bits per heavy atom. The third-order valence-electron chi connectivity index (χ3n) is 4.51. The van der Waals surface area contributed by atoms with Crippen molar-refractivity contribution < 1.29 is 4.74 Å². The average molecular weight is 289 g/mol. The molecule has 1 aromatic rings. The molecule has 118 valence electrons. The molecule has 0 spiro atoms. The maximum absolute atomic E-state index is 5.89. The van der Waals surface area contributed by atoms with Gasteiger partial charge in [-0.1, -0.05) is 50.5 Å². The molecular formula is C19H31NO. The molecular weight excluding hydrogens is 258 g/mol. The standard InChI is InChI=1S/C19H31NO/c1-3-4-7-17-10-12-18(13-11-17)16(2)20-14-15-21-19-8-5-6-9-19/h10-13,16,19-20H,3-9,14-15H2,1-2H3. The van der Waals surface area contributed by atoms with Gasteiger partial charge >= 0.3 is 0 Å². The molecule has 1 saturated carbocycles. The minimum absolute atomic E-state index is 0.400. The molecule has 0 aliphatic heterocycles. The van der Waals surface area contributed by atoms with Crippen molar-refractivity contribution in [2.45, 2.75) is 70.9 Å². The first-order valence-corrected chi connectivity index (χ1v) is 8.73. The quantitative estimate of drug-likeness (QED) is 0.669. The molecule has 2 rings (SSSR count). The van der Waals surface area contributed by atoms with E-state index >= 15 is 0 Å². The van der Waals surface area contributed by atoms with Crippen LogP contribution in [-0.2, 0) is 11.2 Å². The van der Waals surface area contributed by atoms with Crippen molar-refractivity contribution in [3.05, 3.63) is 35.4 Å². The fourth-order valence-corrected chi connectivity index (χ4v) is 3.03. The molecule has 1 aliphatic carbocycles. The smallest absolute Gasteiger partial charge is 0.0594 e. The van der Waals surface area contributed by atoms with Gasteiger partial charge in [0.1, 0.15) is 0 Å². The minimum atomic E-state index is 0.400. The van der Waals surface area contributed by atoms with Crippen molar-refractivity contribution in [2.75, 3.05) is 13.2 Å². The number of rotatable bonds is 9. The molecule has 1 aliphatic rings. The second kappa shape index (κ2) is 9.22. The summed E-state index contributed by atoms with van der Waals surface area (Å²) in [5.41, 5.74) is 2.83. The van der Waals surface area contributed by atoms with E-state index in [1.165, 1.54) is 56.1 Å². The van der Waals surface area contributed by atoms with Gasteiger partial charge in [-0.2, -0.15) is 0 Å². The molecule has 1 unspecified atom stereocenters. The summed E-state index contributed by atoms with van der Waals surface area (Å²) >= 11 is 0. The zero-order valence-electron chi connectivity index (χ0n) is 13.7. The summed E-state index contributed by atoms with van der Waals surface area (Å²) in [5, 5.41) is 3.56. The predicted octanol–water partition coefficient (Wildman–Crippen LogP) is 4.64. The van der Waals surface area contributed by atoms with E-state index in [0.29, 0.717) is 12.1 Å². The van der Waals surface area contributed by atoms with Gasteiger partial charge in [-0.25, -0.2) is 0 Å². The summed E-state index contributed by atoms with van der Waals surface area (Å²) in [7, 11) is 0. The van der Waals surface area contributed by atoms with Crippen LogP contribution in [-0.4, -0.2) is 19.3 Å². The van der Waals surface area contributed by atoms with Crippen LogP contribution in [0.2, 0.25) is 0 Å². The van der Waals surface area contributed by atoms with Crippen molar-refractivity contribution in [2.24, 2.45) is 0 Å². The molecule has 1 atom stereocenters. The second-order valence-corrected chi connectivity index (χ2v) is 6.30. The Balaban J connectivity index is 1.66. The first-order chi connectivity index (χ1) is 10.3. The lowest BCUT2D eigenvalue weighted by Gasteiger charge is -2.16. The molecule has 2 nitrogen and oxygen atoms in total. The molecule has 0 heterocycles. The SMILES string of the molecule is CCCCc1ccc(C(C)NCCOC2CCCC2)cc1. The van der Waals surface area contributed by atoms with Gasteiger partial charge < -0.3 is 10.1 Å². The lowest BCUT2D eigenvalue weighted by atomic mass is 10.0. The molecule has 0 saturated heterocycles. The molecule has 2 heteroatoms. The van der Waals surface area contributed by atoms with Crippen LogP contribution in [0.25, 0.3) is 0 Å². The Morgan fingerprint density at radius 3 is 2.57 bits per heavy atom. The number of nitrogens with one attached hydrogen (secondary N) is 1. The summed E-state index contributed by atoms with van der Waals surface area (Å²) < 4.78 is 5.89. The fourth-order valence-electron chi connectivity index (χ4n) is 3.03. The lowest BCUT2D eigenvalue weighted by molar-refractivity contribution is 0.0593. The Bertz CT molecular complexity index is 381. The van der Waals surface area contributed by atoms with E-state index < -0.39 is 0 Å². The summed E-state index contributed by atoms with van der Waals surface area (Å²) in [6, 6.07) is 9.48. The maximum atomic E-state index is 5.89. The van der Waals surface area contributed by atoms with Gasteiger partial charge in [0.2, 0.25) is 0 Å². The van der Waals surface area contributed by atoms with E-state index in [-0.39, 0.29) is 0 Å². The molecule has 0 radical (unpaired) electrons. The summed E-state index contributed by atoms with van der Waals surface area (Å²) in [4.78, 5) is 0. The first-order valence-electron chi connectivity index (χ1n) is 8.73. The highest BCUT2D eigenvalue weighted by molar-refractivity contribution is 5.24. The fraction of sp³-hybridized carbons (Fsp3) is 0.684. The van der Waals surface area contributed by atoms with E-state index in [4.69, 9.17) is 4.74 Å². The Morgan fingerprint density at radius 2 is 1.90 bits per heavy atom. The van der Waals surface area contributed by atoms with Crippen LogP contribution in [0.3, 0.4) is 0 Å². The van der Waals surface area contributed by atoms with Crippen LogP contribution in [0.1, 0.15) is 69.5 Å². The number of ether oxygens (including phenoxy) is 1. The van der Waals surface area contributed by atoms with Crippen molar-refractivity contribution in [1.29, 1.82) is 0 Å². The maximum Gasteiger partial charge on any atom is 0.0594 e. The van der Waals surface area contributed by atoms with E-state index in [1.54, 1.807) is 0 Å². The van der Waals surface area contributed by atoms with Gasteiger partial charge in [-0.15, -0.1) is 0 Å². The highest BCUT2D eigenvalue weighted by atomic mass is 16.5. The third kappa shape index (κ3) is 5.80. The summed E-state index contributed by atoms with van der Waals surface area (Å²) in [6.07, 6.45) is 9.49. The highest BCUT2D eigenvalue weighted by Crippen LogP contribution is 2.20. The van der Waals surface area contributed by atoms with Gasteiger partial charge in [0, 0.05) is 12.6 Å². The second-order valence-electron chi connectivity index (χ2n) is 6.30. The van der Waals surface area contributed by atoms with E-state index in [9.17, 15) is 0 Å². The van der Waals surface area contributed by atoms with E-state index in [1.807, 2.05) is 0 Å². The number of benzene rings is 1. The van der Waals surface area contributed by atoms with Crippen molar-refractivity contribution in [3.63, 3.8) is 0 Å². The highest BCUT2D eigenvalue weighted by Gasteiger charge is 2.14. The van der Waals surface area contributed by atoms with Gasteiger partial charge in [-0.3, -0.25) is 0 Å². The molecule has 1 N–H and O–H groups in total. The van der Waals surface area contributed by atoms with Gasteiger partial charge in [0.25, 0.3) is 0 Å². The van der Waals surface area contributed by atoms with Gasteiger partial charge in [0.15, 0.2) is 0 Å². The van der Waals surface area contributed by atoms with Gasteiger partial charge in [0.05, 0.1) is 12.7 Å². The van der Waals surface area contributed by atoms with Crippen LogP contribution < -0.4 is 5.32 Å². The van der Waals surface area contributed by atoms with Crippen LogP contribution in [0.5, 0.6) is 0 Å². The Labute approximate surface area is 130 Å². The van der Waals surface area contributed by atoms with Crippen molar-refractivity contribution in [1.82, 2.24) is 5.32 Å². The first kappa shape index (κ1) is 16.5. The molecule has 21 heavy (non-hydrogen) atoms. The topological polar surface area (TPSA) is 21.3 Å². The average Bonchev–Trinajstić information content (AvgIpc) is 3.03. The molecule has 0 bridgehead atoms. The number of unbranched alkanes of at least 4 members (excludes halogenated alkanes) is 1. The summed E-state index contributed by atoms with van der Waals surface area (Å²) in [5.74, 6) is 0. The lowest BCUT2D eigenvalue weighted by Crippen LogP contribution is -2.25. The van der Waals surface area contributed by atoms with Crippen molar-refractivity contribution in [3.8, 4) is 0 Å². The van der Waals surface area contributed by atoms with Crippen LogP contribution in [0.15, 0.2) is 24.3 Å². The monoisotopic (exact) mass is 289 g/mol. The largest absolute Gasteiger partial charge is 0.377 e. The third-order valence-corrected chi connectivity index (χ3v) is 4.51. The number of hydrogen-bond donors (Lipinski definition) is 1. The Kier molecular flexibility index (Phi) is 7.25. The number of hydrogen-bond acceptors (Lipinski definition) is 2. The predicted molar refractivity (Wildman–Crippen MR) is 89.7 cm³/mol. The van der Waals surface area contributed by atoms with Gasteiger partial charge in [-0.05, 0) is 43.7 Å². The molecule has 0 amide bonds. The van der Waals surface area contributed by atoms with E-state index in [0.717, 1.165) is 13.2 Å². The number of aryl methyl sites for hydroxylation is 1. The van der Waals surface area contributed by atoms with Crippen LogP contribution in [0.4, 0.5) is 0 Å². The zero-order chi connectivity index (χ0) is 14.9. The van der Waals surface area contributed by atoms with Crippen LogP contribution in [0, 0.1) is 0 Å². The Hall–Kier alpha value is -0.860. The normalized spacial score (nSPS) is 17.2. The van der Waals surface area contributed by atoms with Crippen molar-refractivity contribution >= 4 is 0 Å². The zero-order valence-corrected chi connectivity index (χ0v) is 13.7. The van der Waals surface area contributed by atoms with E-state index in [2.05, 4.69) is 43.4 Å². The minimum Gasteiger partial charge on any atom is -0.377 e. The molecule has 1 fully saturated rings. The van der Waals surface area contributed by atoms with Crippen LogP contribution >= 0.6 is 0 Å². The summed E-state index contributed by atoms with van der Waals surface area (Å²) in [6.45, 7) is 6.25. The molecule has 0 aromatic heterocycles. The molecule has 1 aromatic carbocycles.